The van der Waals surface area contributed by atoms with Crippen molar-refractivity contribution >= 4 is 11.8 Å². The second kappa shape index (κ2) is 5.48. The van der Waals surface area contributed by atoms with E-state index in [4.69, 9.17) is 5.26 Å². The van der Waals surface area contributed by atoms with Gasteiger partial charge in [-0.25, -0.2) is 9.37 Å². The maximum atomic E-state index is 14.3. The zero-order valence-electron chi connectivity index (χ0n) is 9.53. The van der Waals surface area contributed by atoms with E-state index < -0.39 is 5.67 Å². The summed E-state index contributed by atoms with van der Waals surface area (Å²) in [6.45, 7) is 1.75. The third kappa shape index (κ3) is 3.42. The minimum Gasteiger partial charge on any atom is -0.346 e. The largest absolute Gasteiger partial charge is 0.346 e. The predicted molar refractivity (Wildman–Crippen MR) is 64.4 cm³/mol. The third-order valence-electron chi connectivity index (χ3n) is 2.94. The summed E-state index contributed by atoms with van der Waals surface area (Å²) >= 11 is 1.44. The molecular formula is C12H15FN3S+. The van der Waals surface area contributed by atoms with Crippen molar-refractivity contribution in [2.24, 2.45) is 0 Å². The molecular weight excluding hydrogens is 237 g/mol. The number of alkyl halides is 1. The Morgan fingerprint density at radius 3 is 2.82 bits per heavy atom. The van der Waals surface area contributed by atoms with Crippen LogP contribution in [-0.4, -0.2) is 29.5 Å². The quantitative estimate of drug-likeness (QED) is 0.820. The van der Waals surface area contributed by atoms with Gasteiger partial charge in [-0.2, -0.15) is 5.26 Å². The van der Waals surface area contributed by atoms with Crippen LogP contribution in [0.25, 0.3) is 0 Å². The number of hydrogen-bond acceptors (Lipinski definition) is 3. The lowest BCUT2D eigenvalue weighted by Crippen LogP contribution is -2.87. The number of nitrogens with zero attached hydrogens (tertiary/aromatic N) is 2. The van der Waals surface area contributed by atoms with Crippen LogP contribution in [0.5, 0.6) is 0 Å². The fourth-order valence-corrected chi connectivity index (χ4v) is 2.86. The fraction of sp³-hybridized carbons (Fsp3) is 0.500. The Bertz CT molecular complexity index is 407. The van der Waals surface area contributed by atoms with E-state index in [-0.39, 0.29) is 0 Å². The molecule has 1 fully saturated rings. The van der Waals surface area contributed by atoms with E-state index in [0.717, 1.165) is 18.1 Å². The Morgan fingerprint density at radius 1 is 1.47 bits per heavy atom. The maximum Gasteiger partial charge on any atom is 0.131 e. The summed E-state index contributed by atoms with van der Waals surface area (Å²) in [6.07, 6.45) is 2.77. The number of hydrogen-bond donors (Lipinski definition) is 1. The van der Waals surface area contributed by atoms with Crippen molar-refractivity contribution in [3.63, 3.8) is 0 Å². The molecule has 0 bridgehead atoms. The fourth-order valence-electron chi connectivity index (χ4n) is 1.87. The van der Waals surface area contributed by atoms with Crippen molar-refractivity contribution in [3.8, 4) is 6.07 Å². The van der Waals surface area contributed by atoms with Gasteiger partial charge in [0.2, 0.25) is 0 Å². The van der Waals surface area contributed by atoms with Gasteiger partial charge in [0.1, 0.15) is 11.7 Å². The molecule has 0 aliphatic carbocycles. The molecule has 0 unspecified atom stereocenters. The number of nitriles is 1. The van der Waals surface area contributed by atoms with E-state index in [1.54, 1.807) is 12.1 Å². The molecule has 1 aliphatic rings. The first-order valence-corrected chi connectivity index (χ1v) is 6.70. The zero-order chi connectivity index (χ0) is 12.1. The summed E-state index contributed by atoms with van der Waals surface area (Å²) in [5, 5.41) is 11.6. The summed E-state index contributed by atoms with van der Waals surface area (Å²) in [6, 6.07) is 5.51. The van der Waals surface area contributed by atoms with Crippen molar-refractivity contribution in [2.45, 2.75) is 23.5 Å². The van der Waals surface area contributed by atoms with Gasteiger partial charge in [0.25, 0.3) is 0 Å². The molecule has 0 aromatic carbocycles. The molecule has 0 radical (unpaired) electrons. The van der Waals surface area contributed by atoms with Crippen LogP contribution in [0.4, 0.5) is 4.39 Å². The lowest BCUT2D eigenvalue weighted by Gasteiger charge is -2.27. The van der Waals surface area contributed by atoms with Gasteiger partial charge in [0.15, 0.2) is 0 Å². The predicted octanol–water partition coefficient (Wildman–Crippen LogP) is 1.11. The first-order chi connectivity index (χ1) is 8.22. The van der Waals surface area contributed by atoms with Crippen LogP contribution in [0.2, 0.25) is 0 Å². The van der Waals surface area contributed by atoms with Crippen LogP contribution >= 0.6 is 11.8 Å². The molecule has 1 aliphatic heterocycles. The number of pyridine rings is 1. The highest BCUT2D eigenvalue weighted by molar-refractivity contribution is 7.99. The van der Waals surface area contributed by atoms with Crippen molar-refractivity contribution < 1.29 is 9.71 Å². The lowest BCUT2D eigenvalue weighted by atomic mass is 9.97. The molecule has 90 valence electrons. The number of piperidine rings is 1. The van der Waals surface area contributed by atoms with Gasteiger partial charge in [0.05, 0.1) is 23.7 Å². The van der Waals surface area contributed by atoms with E-state index in [9.17, 15) is 4.39 Å². The van der Waals surface area contributed by atoms with E-state index in [1.807, 2.05) is 6.07 Å². The Labute approximate surface area is 104 Å². The summed E-state index contributed by atoms with van der Waals surface area (Å²) in [4.78, 5) is 4.13. The van der Waals surface area contributed by atoms with Crippen LogP contribution in [0.15, 0.2) is 23.4 Å². The molecule has 2 rings (SSSR count). The second-order valence-electron chi connectivity index (χ2n) is 4.30. The van der Waals surface area contributed by atoms with Crippen molar-refractivity contribution in [3.05, 3.63) is 23.9 Å². The number of halogens is 1. The first kappa shape index (κ1) is 12.3. The van der Waals surface area contributed by atoms with Gasteiger partial charge >= 0.3 is 0 Å². The normalized spacial score (nSPS) is 18.6. The lowest BCUT2D eigenvalue weighted by molar-refractivity contribution is -0.666. The molecule has 1 saturated heterocycles. The summed E-state index contributed by atoms with van der Waals surface area (Å²) in [7, 11) is 0. The average molecular weight is 252 g/mol. The van der Waals surface area contributed by atoms with E-state index in [1.165, 1.54) is 18.0 Å². The highest BCUT2D eigenvalue weighted by Gasteiger charge is 2.33. The van der Waals surface area contributed by atoms with E-state index in [0.29, 0.717) is 24.2 Å². The zero-order valence-corrected chi connectivity index (χ0v) is 10.3. The molecule has 1 aromatic heterocycles. The number of rotatable bonds is 3. The Morgan fingerprint density at radius 2 is 2.24 bits per heavy atom. The summed E-state index contributed by atoms with van der Waals surface area (Å²) in [5.41, 5.74) is -0.508. The van der Waals surface area contributed by atoms with Crippen molar-refractivity contribution in [2.75, 3.05) is 18.8 Å². The van der Waals surface area contributed by atoms with Crippen molar-refractivity contribution in [1.82, 2.24) is 4.98 Å². The molecule has 1 aromatic rings. The number of thioether (sulfide) groups is 1. The summed E-state index contributed by atoms with van der Waals surface area (Å²) < 4.78 is 14.3. The van der Waals surface area contributed by atoms with Crippen LogP contribution in [0.3, 0.4) is 0 Å². The van der Waals surface area contributed by atoms with Gasteiger partial charge in [-0.05, 0) is 12.1 Å². The second-order valence-corrected chi connectivity index (χ2v) is 5.30. The van der Waals surface area contributed by atoms with Gasteiger partial charge < -0.3 is 5.32 Å². The first-order valence-electron chi connectivity index (χ1n) is 5.71. The number of nitrogens with two attached hydrogens (primary N) is 1. The molecule has 17 heavy (non-hydrogen) atoms. The number of quaternary nitrogens is 1. The van der Waals surface area contributed by atoms with Crippen LogP contribution in [0.1, 0.15) is 18.4 Å². The van der Waals surface area contributed by atoms with E-state index in [2.05, 4.69) is 10.3 Å². The van der Waals surface area contributed by atoms with Gasteiger partial charge in [-0.1, -0.05) is 0 Å². The Hall–Kier alpha value is -1.12. The van der Waals surface area contributed by atoms with Crippen LogP contribution in [0, 0.1) is 11.3 Å². The molecule has 5 heteroatoms. The van der Waals surface area contributed by atoms with Gasteiger partial charge in [-0.3, -0.25) is 0 Å². The average Bonchev–Trinajstić information content (AvgIpc) is 2.38. The summed E-state index contributed by atoms with van der Waals surface area (Å²) in [5.74, 6) is 0.458. The minimum absolute atomic E-state index is 0.458. The molecule has 0 saturated carbocycles. The number of aromatic nitrogens is 1. The highest BCUT2D eigenvalue weighted by Crippen LogP contribution is 2.29. The molecule has 0 amide bonds. The van der Waals surface area contributed by atoms with Crippen LogP contribution in [-0.2, 0) is 0 Å². The standard InChI is InChI=1S/C12H14FN3S/c13-12(3-5-15-6-4-12)9-17-11-2-1-10(7-14)8-16-11/h1-2,8,15H,3-6,9H2/p+1. The highest BCUT2D eigenvalue weighted by atomic mass is 32.2. The molecule has 2 N–H and O–H groups in total. The third-order valence-corrected chi connectivity index (χ3v) is 4.14. The maximum absolute atomic E-state index is 14.3. The Balaban J connectivity index is 1.90. The minimum atomic E-state index is -1.05. The monoisotopic (exact) mass is 252 g/mol. The SMILES string of the molecule is N#Cc1ccc(SCC2(F)CC[NH2+]CC2)nc1. The van der Waals surface area contributed by atoms with Crippen molar-refractivity contribution in [1.29, 1.82) is 5.26 Å². The molecule has 0 atom stereocenters. The molecule has 0 spiro atoms. The van der Waals surface area contributed by atoms with Gasteiger partial charge in [0, 0.05) is 24.8 Å². The Kier molecular flexibility index (Phi) is 3.97. The molecule has 3 nitrogen and oxygen atoms in total. The topological polar surface area (TPSA) is 53.3 Å². The van der Waals surface area contributed by atoms with Crippen LogP contribution < -0.4 is 5.32 Å². The smallest absolute Gasteiger partial charge is 0.131 e. The van der Waals surface area contributed by atoms with Gasteiger partial charge in [-0.15, -0.1) is 11.8 Å². The van der Waals surface area contributed by atoms with E-state index >= 15 is 0 Å². The molecule has 2 heterocycles.